The third-order valence-electron chi connectivity index (χ3n) is 5.40. The van der Waals surface area contributed by atoms with Gasteiger partial charge in [-0.05, 0) is 12.1 Å². The summed E-state index contributed by atoms with van der Waals surface area (Å²) in [7, 11) is 2.66. The second-order valence-corrected chi connectivity index (χ2v) is 7.37. The van der Waals surface area contributed by atoms with Crippen molar-refractivity contribution in [2.45, 2.75) is 12.5 Å². The topological polar surface area (TPSA) is 112 Å². The highest BCUT2D eigenvalue weighted by molar-refractivity contribution is 5.84. The number of nitrogens with one attached hydrogen (secondary N) is 2. The number of hydrogen-bond acceptors (Lipinski definition) is 9. The molecule has 2 N–H and O–H groups in total. The summed E-state index contributed by atoms with van der Waals surface area (Å²) in [6.07, 6.45) is -6.50. The number of carbonyl (C=O) groups excluding carboxylic acids is 1. The molecule has 2 aliphatic heterocycles. The number of halogens is 3. The number of methoxy groups -OCH3 is 1. The maximum absolute atomic E-state index is 13.2. The Kier molecular flexibility index (Phi) is 5.80. The fourth-order valence-electron chi connectivity index (χ4n) is 3.93. The van der Waals surface area contributed by atoms with E-state index >= 15 is 0 Å². The lowest BCUT2D eigenvalue weighted by Crippen LogP contribution is -2.60. The molecule has 1 atom stereocenters. The molecule has 2 aromatic rings. The molecule has 4 rings (SSSR count). The summed E-state index contributed by atoms with van der Waals surface area (Å²) in [6.45, 7) is 1.72. The van der Waals surface area contributed by atoms with E-state index in [1.54, 1.807) is 29.2 Å². The van der Waals surface area contributed by atoms with Gasteiger partial charge >= 0.3 is 17.8 Å². The van der Waals surface area contributed by atoms with Crippen molar-refractivity contribution in [2.24, 2.45) is 7.05 Å². The first-order valence-electron chi connectivity index (χ1n) is 9.94. The van der Waals surface area contributed by atoms with E-state index < -0.39 is 29.7 Å². The normalized spacial score (nSPS) is 18.9. The second-order valence-electron chi connectivity index (χ2n) is 7.37. The van der Waals surface area contributed by atoms with E-state index in [2.05, 4.69) is 10.3 Å². The van der Waals surface area contributed by atoms with Crippen LogP contribution in [0.5, 0.6) is 5.75 Å². The van der Waals surface area contributed by atoms with E-state index in [1.807, 2.05) is 0 Å². The molecular weight excluding hydrogens is 449 g/mol. The molecule has 1 fully saturated rings. The minimum atomic E-state index is -5.30. The number of anilines is 3. The zero-order valence-electron chi connectivity index (χ0n) is 17.7. The van der Waals surface area contributed by atoms with Crippen LogP contribution in [0.15, 0.2) is 33.9 Å². The van der Waals surface area contributed by atoms with E-state index in [9.17, 15) is 27.6 Å². The quantitative estimate of drug-likeness (QED) is 0.650. The van der Waals surface area contributed by atoms with Crippen molar-refractivity contribution in [1.29, 1.82) is 0 Å². The standard InChI is InChI=1S/C19H21F3N6O5/c1-25-15-13(14(29)24-17(25)31)27(11-5-3-4-6-12(11)32-2)18(26-9-7-23-8-10-26)28(15)33-16(30)19(20,21)22/h3-6,18,23H,7-10H2,1-2H3,(H,24,29,31). The molecule has 1 aromatic carbocycles. The van der Waals surface area contributed by atoms with Crippen LogP contribution in [-0.4, -0.2) is 66.2 Å². The highest BCUT2D eigenvalue weighted by Crippen LogP contribution is 2.45. The summed E-state index contributed by atoms with van der Waals surface area (Å²) in [5, 5.41) is 3.80. The Balaban J connectivity index is 1.98. The number of nitrogens with zero attached hydrogens (tertiary/aromatic N) is 4. The van der Waals surface area contributed by atoms with E-state index in [0.717, 1.165) is 4.57 Å². The van der Waals surface area contributed by atoms with Crippen molar-refractivity contribution in [3.8, 4) is 5.75 Å². The first kappa shape index (κ1) is 22.7. The zero-order valence-corrected chi connectivity index (χ0v) is 17.7. The smallest absolute Gasteiger partial charge is 0.493 e. The molecule has 0 bridgehead atoms. The molecular formula is C19H21F3N6O5. The van der Waals surface area contributed by atoms with Crippen molar-refractivity contribution in [1.82, 2.24) is 19.8 Å². The summed E-state index contributed by atoms with van der Waals surface area (Å²) in [5.74, 6) is -2.46. The first-order chi connectivity index (χ1) is 15.6. The van der Waals surface area contributed by atoms with Crippen LogP contribution in [0.1, 0.15) is 0 Å². The van der Waals surface area contributed by atoms with E-state index in [4.69, 9.17) is 9.57 Å². The lowest BCUT2D eigenvalue weighted by atomic mass is 10.2. The molecule has 3 heterocycles. The van der Waals surface area contributed by atoms with Gasteiger partial charge in [-0.2, -0.15) is 13.2 Å². The van der Waals surface area contributed by atoms with Gasteiger partial charge in [0.15, 0.2) is 11.5 Å². The number of hydroxylamine groups is 1. The first-order valence-corrected chi connectivity index (χ1v) is 9.94. The summed E-state index contributed by atoms with van der Waals surface area (Å²) >= 11 is 0. The fraction of sp³-hybridized carbons (Fsp3) is 0.421. The molecule has 0 aliphatic carbocycles. The Hall–Kier alpha value is -3.52. The van der Waals surface area contributed by atoms with E-state index in [0.29, 0.717) is 42.7 Å². The number of ether oxygens (including phenoxy) is 1. The predicted octanol–water partition coefficient (Wildman–Crippen LogP) is 0.250. The average molecular weight is 470 g/mol. The number of fused-ring (bicyclic) bond motifs is 1. The number of aromatic amines is 1. The highest BCUT2D eigenvalue weighted by atomic mass is 19.4. The van der Waals surface area contributed by atoms with Crippen molar-refractivity contribution < 1.29 is 27.5 Å². The van der Waals surface area contributed by atoms with Crippen molar-refractivity contribution in [3.05, 3.63) is 45.1 Å². The van der Waals surface area contributed by atoms with Gasteiger partial charge in [-0.15, -0.1) is 5.06 Å². The van der Waals surface area contributed by atoms with Gasteiger partial charge in [0.1, 0.15) is 5.75 Å². The summed E-state index contributed by atoms with van der Waals surface area (Å²) in [6, 6.07) is 6.57. The van der Waals surface area contributed by atoms with Crippen molar-refractivity contribution in [3.63, 3.8) is 0 Å². The lowest BCUT2D eigenvalue weighted by molar-refractivity contribution is -0.203. The minimum Gasteiger partial charge on any atom is -0.495 e. The number of piperazine rings is 1. The largest absolute Gasteiger partial charge is 0.495 e. The number of alkyl halides is 3. The molecule has 1 saturated heterocycles. The van der Waals surface area contributed by atoms with E-state index in [1.165, 1.54) is 19.1 Å². The molecule has 178 valence electrons. The molecule has 11 nitrogen and oxygen atoms in total. The maximum Gasteiger partial charge on any atom is 0.493 e. The number of aromatic nitrogens is 2. The SMILES string of the molecule is COc1ccccc1N1c2c(n(C)c(=O)[nH]c2=O)N(OC(=O)C(F)(F)F)C1N1CCNCC1. The maximum atomic E-state index is 13.2. The number of benzene rings is 1. The third kappa shape index (κ3) is 3.91. The number of H-pyrrole nitrogens is 1. The van der Waals surface area contributed by atoms with Gasteiger partial charge in [-0.1, -0.05) is 12.1 Å². The van der Waals surface area contributed by atoms with Crippen LogP contribution >= 0.6 is 0 Å². The molecule has 1 aromatic heterocycles. The van der Waals surface area contributed by atoms with Gasteiger partial charge in [0.2, 0.25) is 6.29 Å². The van der Waals surface area contributed by atoms with Crippen LogP contribution < -0.4 is 31.3 Å². The van der Waals surface area contributed by atoms with Crippen LogP contribution in [0.25, 0.3) is 0 Å². The molecule has 0 saturated carbocycles. The van der Waals surface area contributed by atoms with Crippen molar-refractivity contribution in [2.75, 3.05) is 43.3 Å². The van der Waals surface area contributed by atoms with Gasteiger partial charge < -0.3 is 14.9 Å². The number of hydrogen-bond donors (Lipinski definition) is 2. The summed E-state index contributed by atoms with van der Waals surface area (Å²) in [5.41, 5.74) is -1.57. The predicted molar refractivity (Wildman–Crippen MR) is 110 cm³/mol. The van der Waals surface area contributed by atoms with Gasteiger partial charge in [0, 0.05) is 33.2 Å². The number of rotatable bonds is 4. The Morgan fingerprint density at radius 3 is 2.45 bits per heavy atom. The molecule has 0 spiro atoms. The van der Waals surface area contributed by atoms with Gasteiger partial charge in [0.25, 0.3) is 5.56 Å². The molecule has 2 aliphatic rings. The third-order valence-corrected chi connectivity index (χ3v) is 5.40. The summed E-state index contributed by atoms with van der Waals surface area (Å²) in [4.78, 5) is 47.2. The van der Waals surface area contributed by atoms with Gasteiger partial charge in [0.05, 0.1) is 12.8 Å². The fourth-order valence-corrected chi connectivity index (χ4v) is 3.93. The monoisotopic (exact) mass is 470 g/mol. The van der Waals surface area contributed by atoms with E-state index in [-0.39, 0.29) is 11.5 Å². The van der Waals surface area contributed by atoms with Crippen molar-refractivity contribution >= 4 is 23.2 Å². The Bertz CT molecular complexity index is 1170. The van der Waals surface area contributed by atoms with Crippen LogP contribution in [0, 0.1) is 0 Å². The number of para-hydroxylation sites is 2. The Labute approximate surface area is 184 Å². The van der Waals surface area contributed by atoms with Crippen LogP contribution in [0.3, 0.4) is 0 Å². The minimum absolute atomic E-state index is 0.167. The second kappa shape index (κ2) is 8.44. The van der Waals surface area contributed by atoms with Crippen LogP contribution in [0.4, 0.5) is 30.4 Å². The van der Waals surface area contributed by atoms with Crippen LogP contribution in [-0.2, 0) is 16.7 Å². The molecule has 1 unspecified atom stereocenters. The summed E-state index contributed by atoms with van der Waals surface area (Å²) < 4.78 is 45.8. The van der Waals surface area contributed by atoms with Gasteiger partial charge in [-0.25, -0.2) is 9.59 Å². The van der Waals surface area contributed by atoms with Gasteiger partial charge in [-0.3, -0.25) is 24.1 Å². The van der Waals surface area contributed by atoms with Crippen LogP contribution in [0.2, 0.25) is 0 Å². The molecule has 33 heavy (non-hydrogen) atoms. The molecule has 14 heteroatoms. The lowest BCUT2D eigenvalue weighted by Gasteiger charge is -2.41. The molecule has 0 amide bonds. The molecule has 0 radical (unpaired) electrons. The zero-order chi connectivity index (χ0) is 23.9. The Morgan fingerprint density at radius 1 is 1.15 bits per heavy atom. The Morgan fingerprint density at radius 2 is 1.82 bits per heavy atom. The average Bonchev–Trinajstić information content (AvgIpc) is 3.12. The number of carbonyl (C=O) groups is 1. The highest BCUT2D eigenvalue weighted by Gasteiger charge is 2.51.